The topological polar surface area (TPSA) is 15.3 Å². The molecule has 0 radical (unpaired) electrons. The lowest BCUT2D eigenvalue weighted by molar-refractivity contribution is 0.603. The van der Waals surface area contributed by atoms with Crippen molar-refractivity contribution in [2.45, 2.75) is 33.2 Å². The molecule has 1 aromatic carbocycles. The summed E-state index contributed by atoms with van der Waals surface area (Å²) < 4.78 is 13.5. The Morgan fingerprint density at radius 3 is 2.94 bits per heavy atom. The predicted octanol–water partition coefficient (Wildman–Crippen LogP) is 3.16. The number of hydrogen-bond donors (Lipinski definition) is 1. The van der Waals surface area contributed by atoms with Gasteiger partial charge in [0.2, 0.25) is 0 Å². The van der Waals surface area contributed by atoms with Crippen molar-refractivity contribution >= 4 is 11.4 Å². The van der Waals surface area contributed by atoms with E-state index in [9.17, 15) is 4.39 Å². The monoisotopic (exact) mass is 222 g/mol. The van der Waals surface area contributed by atoms with Crippen LogP contribution in [0.25, 0.3) is 0 Å². The van der Waals surface area contributed by atoms with Gasteiger partial charge in [-0.2, -0.15) is 0 Å². The average Bonchev–Trinajstić information content (AvgIpc) is 2.29. The Balaban J connectivity index is 2.41. The van der Waals surface area contributed by atoms with Crippen LogP contribution in [0, 0.1) is 12.7 Å². The zero-order valence-electron chi connectivity index (χ0n) is 10.2. The largest absolute Gasteiger partial charge is 0.382 e. The minimum Gasteiger partial charge on any atom is -0.382 e. The summed E-state index contributed by atoms with van der Waals surface area (Å²) in [5.41, 5.74) is 2.78. The van der Waals surface area contributed by atoms with E-state index < -0.39 is 0 Å². The van der Waals surface area contributed by atoms with E-state index >= 15 is 0 Å². The van der Waals surface area contributed by atoms with Crippen molar-refractivity contribution in [1.29, 1.82) is 0 Å². The third-order valence-corrected chi connectivity index (χ3v) is 3.38. The highest BCUT2D eigenvalue weighted by atomic mass is 19.1. The lowest BCUT2D eigenvalue weighted by atomic mass is 10.1. The molecule has 0 amide bonds. The van der Waals surface area contributed by atoms with Crippen molar-refractivity contribution in [3.8, 4) is 0 Å². The van der Waals surface area contributed by atoms with E-state index in [-0.39, 0.29) is 5.82 Å². The Morgan fingerprint density at radius 2 is 2.25 bits per heavy atom. The number of rotatable bonds is 2. The zero-order chi connectivity index (χ0) is 11.7. The normalized spacial score (nSPS) is 16.6. The number of nitrogens with one attached hydrogen (secondary N) is 1. The van der Waals surface area contributed by atoms with E-state index in [1.807, 2.05) is 13.0 Å². The molecule has 1 atom stereocenters. The summed E-state index contributed by atoms with van der Waals surface area (Å²) in [7, 11) is 0. The summed E-state index contributed by atoms with van der Waals surface area (Å²) in [6.07, 6.45) is 1.11. The molecular weight excluding hydrogens is 203 g/mol. The summed E-state index contributed by atoms with van der Waals surface area (Å²) in [4.78, 5) is 2.36. The van der Waals surface area contributed by atoms with Crippen LogP contribution in [0.1, 0.15) is 25.8 Å². The van der Waals surface area contributed by atoms with Gasteiger partial charge in [0.05, 0.1) is 11.4 Å². The molecule has 1 N–H and O–H groups in total. The SMILES string of the molecule is CCC(C)N1CCNc2cc(F)c(C)cc21. The highest BCUT2D eigenvalue weighted by Crippen LogP contribution is 2.33. The molecule has 0 aliphatic carbocycles. The van der Waals surface area contributed by atoms with Crippen LogP contribution < -0.4 is 10.2 Å². The molecule has 0 spiro atoms. The van der Waals surface area contributed by atoms with E-state index in [4.69, 9.17) is 0 Å². The van der Waals surface area contributed by atoms with Gasteiger partial charge in [-0.25, -0.2) is 4.39 Å². The lowest BCUT2D eigenvalue weighted by Gasteiger charge is -2.36. The standard InChI is InChI=1S/C13H19FN2/c1-4-10(3)16-6-5-15-12-8-11(14)9(2)7-13(12)16/h7-8,10,15H,4-6H2,1-3H3. The van der Waals surface area contributed by atoms with Gasteiger partial charge in [0, 0.05) is 19.1 Å². The van der Waals surface area contributed by atoms with Crippen LogP contribution in [-0.4, -0.2) is 19.1 Å². The van der Waals surface area contributed by atoms with Gasteiger partial charge in [-0.3, -0.25) is 0 Å². The Kier molecular flexibility index (Phi) is 3.03. The Morgan fingerprint density at radius 1 is 1.50 bits per heavy atom. The molecule has 1 aromatic rings. The predicted molar refractivity (Wildman–Crippen MR) is 66.7 cm³/mol. The molecule has 0 aromatic heterocycles. The molecule has 3 heteroatoms. The lowest BCUT2D eigenvalue weighted by Crippen LogP contribution is -2.40. The highest BCUT2D eigenvalue weighted by Gasteiger charge is 2.21. The van der Waals surface area contributed by atoms with Crippen molar-refractivity contribution in [2.75, 3.05) is 23.3 Å². The second kappa shape index (κ2) is 4.32. The second-order valence-corrected chi connectivity index (χ2v) is 4.50. The Hall–Kier alpha value is -1.25. The molecular formula is C13H19FN2. The third-order valence-electron chi connectivity index (χ3n) is 3.38. The van der Waals surface area contributed by atoms with Crippen molar-refractivity contribution in [1.82, 2.24) is 0 Å². The quantitative estimate of drug-likeness (QED) is 0.826. The minimum atomic E-state index is -0.128. The highest BCUT2D eigenvalue weighted by molar-refractivity contribution is 5.73. The number of benzene rings is 1. The summed E-state index contributed by atoms with van der Waals surface area (Å²) >= 11 is 0. The van der Waals surface area contributed by atoms with E-state index in [1.165, 1.54) is 0 Å². The molecule has 16 heavy (non-hydrogen) atoms. The maximum absolute atomic E-state index is 13.5. The molecule has 0 saturated carbocycles. The van der Waals surface area contributed by atoms with Crippen LogP contribution in [0.15, 0.2) is 12.1 Å². The molecule has 1 heterocycles. The molecule has 1 aliphatic heterocycles. The molecule has 1 aliphatic rings. The first-order chi connectivity index (χ1) is 7.63. The van der Waals surface area contributed by atoms with Gasteiger partial charge in [0.1, 0.15) is 5.82 Å². The van der Waals surface area contributed by atoms with E-state index in [1.54, 1.807) is 6.07 Å². The van der Waals surface area contributed by atoms with E-state index in [0.717, 1.165) is 36.4 Å². The van der Waals surface area contributed by atoms with Gasteiger partial charge < -0.3 is 10.2 Å². The van der Waals surface area contributed by atoms with Crippen LogP contribution in [0.5, 0.6) is 0 Å². The van der Waals surface area contributed by atoms with Gasteiger partial charge in [-0.1, -0.05) is 6.92 Å². The van der Waals surface area contributed by atoms with Gasteiger partial charge in [0.15, 0.2) is 0 Å². The molecule has 88 valence electrons. The summed E-state index contributed by atoms with van der Waals surface area (Å²) in [5, 5.41) is 3.26. The van der Waals surface area contributed by atoms with Crippen LogP contribution in [-0.2, 0) is 0 Å². The van der Waals surface area contributed by atoms with Gasteiger partial charge in [-0.15, -0.1) is 0 Å². The van der Waals surface area contributed by atoms with E-state index in [0.29, 0.717) is 6.04 Å². The number of anilines is 2. The number of halogens is 1. The Labute approximate surface area is 96.5 Å². The van der Waals surface area contributed by atoms with Gasteiger partial charge in [0.25, 0.3) is 0 Å². The second-order valence-electron chi connectivity index (χ2n) is 4.50. The fourth-order valence-corrected chi connectivity index (χ4v) is 2.16. The number of aryl methyl sites for hydroxylation is 1. The van der Waals surface area contributed by atoms with Crippen LogP contribution in [0.2, 0.25) is 0 Å². The maximum atomic E-state index is 13.5. The molecule has 1 unspecified atom stereocenters. The summed E-state index contributed by atoms with van der Waals surface area (Å²) in [6.45, 7) is 8.10. The molecule has 2 rings (SSSR count). The van der Waals surface area contributed by atoms with Crippen molar-refractivity contribution < 1.29 is 4.39 Å². The van der Waals surface area contributed by atoms with Crippen LogP contribution >= 0.6 is 0 Å². The minimum absolute atomic E-state index is 0.128. The van der Waals surface area contributed by atoms with Crippen molar-refractivity contribution in [3.63, 3.8) is 0 Å². The van der Waals surface area contributed by atoms with Gasteiger partial charge >= 0.3 is 0 Å². The Bertz CT molecular complexity index is 390. The molecule has 2 nitrogen and oxygen atoms in total. The summed E-state index contributed by atoms with van der Waals surface area (Å²) in [6, 6.07) is 4.06. The fraction of sp³-hybridized carbons (Fsp3) is 0.538. The molecule has 0 fully saturated rings. The molecule has 0 bridgehead atoms. The first-order valence-electron chi connectivity index (χ1n) is 5.94. The smallest absolute Gasteiger partial charge is 0.128 e. The fourth-order valence-electron chi connectivity index (χ4n) is 2.16. The number of fused-ring (bicyclic) bond motifs is 1. The van der Waals surface area contributed by atoms with Gasteiger partial charge in [-0.05, 0) is 38.0 Å². The zero-order valence-corrected chi connectivity index (χ0v) is 10.2. The number of hydrogen-bond acceptors (Lipinski definition) is 2. The first kappa shape index (κ1) is 11.2. The van der Waals surface area contributed by atoms with Crippen LogP contribution in [0.4, 0.5) is 15.8 Å². The first-order valence-corrected chi connectivity index (χ1v) is 5.94. The molecule has 0 saturated heterocycles. The number of nitrogens with zero attached hydrogens (tertiary/aromatic N) is 1. The summed E-state index contributed by atoms with van der Waals surface area (Å²) in [5.74, 6) is -0.128. The van der Waals surface area contributed by atoms with Crippen molar-refractivity contribution in [2.24, 2.45) is 0 Å². The van der Waals surface area contributed by atoms with E-state index in [2.05, 4.69) is 24.1 Å². The van der Waals surface area contributed by atoms with Crippen molar-refractivity contribution in [3.05, 3.63) is 23.5 Å². The maximum Gasteiger partial charge on any atom is 0.128 e. The average molecular weight is 222 g/mol. The van der Waals surface area contributed by atoms with Crippen LogP contribution in [0.3, 0.4) is 0 Å². The third kappa shape index (κ3) is 1.86.